The van der Waals surface area contributed by atoms with Crippen LogP contribution in [-0.2, 0) is 23.7 Å². The monoisotopic (exact) mass is 572 g/mol. The Labute approximate surface area is 245 Å². The van der Waals surface area contributed by atoms with Gasteiger partial charge in [-0.2, -0.15) is 0 Å². The Morgan fingerprint density at radius 1 is 0.537 bits per heavy atom. The van der Waals surface area contributed by atoms with Gasteiger partial charge in [0.15, 0.2) is 0 Å². The third-order valence-corrected chi connectivity index (χ3v) is 8.71. The van der Waals surface area contributed by atoms with E-state index >= 15 is 0 Å². The van der Waals surface area contributed by atoms with Crippen molar-refractivity contribution in [2.24, 2.45) is 35.5 Å². The summed E-state index contributed by atoms with van der Waals surface area (Å²) in [6.45, 7) is 5.20. The molecule has 0 aromatic heterocycles. The molecule has 6 atom stereocenters. The van der Waals surface area contributed by atoms with Gasteiger partial charge >= 0.3 is 12.2 Å². The second kappa shape index (κ2) is 18.2. The lowest BCUT2D eigenvalue weighted by Gasteiger charge is -2.09. The molecule has 2 N–H and O–H groups in total. The second-order valence-electron chi connectivity index (χ2n) is 11.4. The lowest BCUT2D eigenvalue weighted by Crippen LogP contribution is -2.27. The molecule has 0 spiro atoms. The zero-order valence-electron chi connectivity index (χ0n) is 24.5. The van der Waals surface area contributed by atoms with Gasteiger partial charge in [-0.05, 0) is 74.0 Å². The van der Waals surface area contributed by atoms with Crippen LogP contribution in [0.1, 0.15) is 64.2 Å². The van der Waals surface area contributed by atoms with Gasteiger partial charge < -0.3 is 34.3 Å². The molecule has 4 aliphatic carbocycles. The highest BCUT2D eigenvalue weighted by atomic mass is 16.6. The molecule has 0 heterocycles. The number of alkyl carbamates (subject to hydrolysis) is 2. The molecule has 0 bridgehead atoms. The van der Waals surface area contributed by atoms with Crippen molar-refractivity contribution < 1.29 is 33.3 Å². The Kier molecular flexibility index (Phi) is 13.9. The number of amides is 2. The Balaban J connectivity index is 0.838. The van der Waals surface area contributed by atoms with E-state index in [-0.39, 0.29) is 12.2 Å². The highest BCUT2D eigenvalue weighted by Crippen LogP contribution is 2.53. The zero-order valence-corrected chi connectivity index (χ0v) is 24.5. The summed E-state index contributed by atoms with van der Waals surface area (Å²) < 4.78 is 27.4. The maximum Gasteiger partial charge on any atom is 0.407 e. The normalized spacial score (nSPS) is 27.4. The van der Waals surface area contributed by atoms with Gasteiger partial charge in [0.2, 0.25) is 0 Å². The summed E-state index contributed by atoms with van der Waals surface area (Å²) in [6, 6.07) is 0. The Bertz CT molecular complexity index is 826. The molecule has 2 saturated carbocycles. The number of nitrogens with one attached hydrogen (secondary N) is 2. The molecule has 0 aliphatic heterocycles. The number of ether oxygens (including phenoxy) is 5. The van der Waals surface area contributed by atoms with E-state index in [0.29, 0.717) is 101 Å². The predicted molar refractivity (Wildman–Crippen MR) is 154 cm³/mol. The van der Waals surface area contributed by atoms with Crippen molar-refractivity contribution in [3.8, 4) is 23.7 Å². The summed E-state index contributed by atoms with van der Waals surface area (Å²) in [4.78, 5) is 23.8. The van der Waals surface area contributed by atoms with E-state index in [1.807, 2.05) is 0 Å². The Morgan fingerprint density at radius 2 is 0.878 bits per heavy atom. The van der Waals surface area contributed by atoms with Gasteiger partial charge in [-0.3, -0.25) is 0 Å². The first-order valence-corrected chi connectivity index (χ1v) is 15.7. The smallest absolute Gasteiger partial charge is 0.407 e. The van der Waals surface area contributed by atoms with Crippen LogP contribution in [0.3, 0.4) is 0 Å². The van der Waals surface area contributed by atoms with E-state index in [1.165, 1.54) is 0 Å². The molecular formula is C32H48N2O7. The molecule has 0 saturated heterocycles. The minimum absolute atomic E-state index is 0.340. The maximum atomic E-state index is 11.9. The first-order valence-electron chi connectivity index (χ1n) is 15.7. The molecular weight excluding hydrogens is 524 g/mol. The minimum atomic E-state index is -0.340. The minimum Gasteiger partial charge on any atom is -0.449 e. The van der Waals surface area contributed by atoms with Crippen LogP contribution < -0.4 is 10.6 Å². The fourth-order valence-electron chi connectivity index (χ4n) is 6.28. The van der Waals surface area contributed by atoms with Gasteiger partial charge in [0.05, 0.1) is 39.6 Å². The van der Waals surface area contributed by atoms with Gasteiger partial charge in [-0.15, -0.1) is 23.7 Å². The number of hydrogen-bond acceptors (Lipinski definition) is 7. The average molecular weight is 573 g/mol. The van der Waals surface area contributed by atoms with Crippen molar-refractivity contribution in [1.82, 2.24) is 10.6 Å². The molecule has 9 heteroatoms. The Hall–Kier alpha value is -2.46. The summed E-state index contributed by atoms with van der Waals surface area (Å²) in [7, 11) is 0. The van der Waals surface area contributed by atoms with Crippen molar-refractivity contribution >= 4 is 12.2 Å². The highest BCUT2D eigenvalue weighted by Gasteiger charge is 2.50. The molecule has 2 amide bonds. The van der Waals surface area contributed by atoms with Crippen LogP contribution in [0.4, 0.5) is 9.59 Å². The summed E-state index contributed by atoms with van der Waals surface area (Å²) in [5.41, 5.74) is 0. The lowest BCUT2D eigenvalue weighted by atomic mass is 10.1. The van der Waals surface area contributed by atoms with Gasteiger partial charge in [-0.1, -0.05) is 0 Å². The SMILES string of the molecule is O=C(NCCCOCCOCCOCCCNC(=O)OCC1[C@H]2CCC#CCC[C@@H]12)OCC1[C@H]2CCC#CCC[C@@H]12. The van der Waals surface area contributed by atoms with Crippen molar-refractivity contribution in [2.45, 2.75) is 64.2 Å². The number of carbonyl (C=O) groups is 2. The van der Waals surface area contributed by atoms with Crippen molar-refractivity contribution in [3.63, 3.8) is 0 Å². The first kappa shape index (κ1) is 31.5. The molecule has 0 aromatic rings. The fourth-order valence-corrected chi connectivity index (χ4v) is 6.28. The highest BCUT2D eigenvalue weighted by molar-refractivity contribution is 5.67. The largest absolute Gasteiger partial charge is 0.449 e. The number of fused-ring (bicyclic) bond motifs is 2. The van der Waals surface area contributed by atoms with Crippen LogP contribution in [0.2, 0.25) is 0 Å². The van der Waals surface area contributed by atoms with Gasteiger partial charge in [0.1, 0.15) is 0 Å². The van der Waals surface area contributed by atoms with E-state index in [4.69, 9.17) is 23.7 Å². The molecule has 4 aliphatic rings. The van der Waals surface area contributed by atoms with Crippen LogP contribution in [0.15, 0.2) is 0 Å². The zero-order chi connectivity index (χ0) is 28.5. The lowest BCUT2D eigenvalue weighted by molar-refractivity contribution is 0.0138. The topological polar surface area (TPSA) is 104 Å². The van der Waals surface area contributed by atoms with Crippen molar-refractivity contribution in [1.29, 1.82) is 0 Å². The van der Waals surface area contributed by atoms with E-state index in [0.717, 1.165) is 64.2 Å². The standard InChI is InChI=1S/C32H48N2O7/c35-31(40-23-29-25-11-5-1-2-6-12-26(25)29)33-15-9-17-37-19-21-39-22-20-38-18-10-16-34-32(36)41-24-30-27-13-7-3-4-8-14-28(27)30/h25-30H,5-24H2,(H,33,35)(H,34,36)/t25-,26+,27-,28+,29?,30?. The summed E-state index contributed by atoms with van der Waals surface area (Å²) in [6.07, 6.45) is 9.20. The van der Waals surface area contributed by atoms with Gasteiger partial charge in [-0.25, -0.2) is 9.59 Å². The number of hydrogen-bond donors (Lipinski definition) is 2. The molecule has 4 rings (SSSR count). The van der Waals surface area contributed by atoms with E-state index in [1.54, 1.807) is 0 Å². The molecule has 41 heavy (non-hydrogen) atoms. The van der Waals surface area contributed by atoms with Crippen molar-refractivity contribution in [2.75, 3.05) is 65.9 Å². The van der Waals surface area contributed by atoms with Crippen LogP contribution >= 0.6 is 0 Å². The Morgan fingerprint density at radius 3 is 1.24 bits per heavy atom. The molecule has 2 unspecified atom stereocenters. The summed E-state index contributed by atoms with van der Waals surface area (Å²) in [5.74, 6) is 16.6. The molecule has 9 nitrogen and oxygen atoms in total. The molecule has 0 radical (unpaired) electrons. The van der Waals surface area contributed by atoms with Crippen LogP contribution in [0, 0.1) is 59.2 Å². The third kappa shape index (κ3) is 11.7. The first-order chi connectivity index (χ1) is 20.2. The van der Waals surface area contributed by atoms with Gasteiger partial charge in [0.25, 0.3) is 0 Å². The average Bonchev–Trinajstić information content (AvgIpc) is 3.80. The summed E-state index contributed by atoms with van der Waals surface area (Å²) >= 11 is 0. The predicted octanol–water partition coefficient (Wildman–Crippen LogP) is 4.15. The molecule has 228 valence electrons. The number of rotatable bonds is 18. The number of carbonyl (C=O) groups excluding carboxylic acids is 2. The molecule has 2 fully saturated rings. The van der Waals surface area contributed by atoms with Crippen LogP contribution in [0.5, 0.6) is 0 Å². The second-order valence-corrected chi connectivity index (χ2v) is 11.4. The fraction of sp³-hybridized carbons (Fsp3) is 0.812. The quantitative estimate of drug-likeness (QED) is 0.188. The maximum absolute atomic E-state index is 11.9. The van der Waals surface area contributed by atoms with E-state index in [9.17, 15) is 9.59 Å². The van der Waals surface area contributed by atoms with E-state index in [2.05, 4.69) is 34.3 Å². The van der Waals surface area contributed by atoms with Crippen LogP contribution in [-0.4, -0.2) is 78.1 Å². The molecule has 0 aromatic carbocycles. The van der Waals surface area contributed by atoms with Crippen molar-refractivity contribution in [3.05, 3.63) is 0 Å². The van der Waals surface area contributed by atoms with E-state index < -0.39 is 0 Å². The third-order valence-electron chi connectivity index (χ3n) is 8.71. The van der Waals surface area contributed by atoms with Crippen LogP contribution in [0.25, 0.3) is 0 Å². The van der Waals surface area contributed by atoms with Gasteiger partial charge in [0, 0.05) is 52.0 Å². The summed E-state index contributed by atoms with van der Waals surface area (Å²) in [5, 5.41) is 5.59.